The topological polar surface area (TPSA) is 79.6 Å². The number of hydrogen-bond donors (Lipinski definition) is 1. The Morgan fingerprint density at radius 1 is 1.43 bits per heavy atom. The molecule has 6 nitrogen and oxygen atoms in total. The fourth-order valence-electron chi connectivity index (χ4n) is 2.78. The summed E-state index contributed by atoms with van der Waals surface area (Å²) in [5.41, 5.74) is -0.804. The second kappa shape index (κ2) is 5.71. The van der Waals surface area contributed by atoms with Crippen molar-refractivity contribution in [2.75, 3.05) is 13.1 Å². The first-order valence-electron chi connectivity index (χ1n) is 7.09. The van der Waals surface area contributed by atoms with Crippen LogP contribution in [0.2, 0.25) is 0 Å². The summed E-state index contributed by atoms with van der Waals surface area (Å²) in [6.07, 6.45) is 3.28. The predicted molar refractivity (Wildman–Crippen MR) is 77.2 cm³/mol. The van der Waals surface area contributed by atoms with Crippen LogP contribution in [-0.4, -0.2) is 39.5 Å². The van der Waals surface area contributed by atoms with Crippen LogP contribution in [0, 0.1) is 5.41 Å². The van der Waals surface area contributed by atoms with Gasteiger partial charge in [-0.1, -0.05) is 6.92 Å². The van der Waals surface area contributed by atoms with Gasteiger partial charge in [0.05, 0.1) is 5.41 Å². The van der Waals surface area contributed by atoms with Gasteiger partial charge in [-0.2, -0.15) is 0 Å². The SMILES string of the molecule is CCC1(C(=O)O)CCCN(C(=O)c2ccn(C)c(=O)c2)C1. The van der Waals surface area contributed by atoms with Crippen LogP contribution in [0.25, 0.3) is 0 Å². The normalized spacial score (nSPS) is 22.1. The Morgan fingerprint density at radius 3 is 2.71 bits per heavy atom. The van der Waals surface area contributed by atoms with E-state index in [1.54, 1.807) is 24.2 Å². The van der Waals surface area contributed by atoms with Crippen molar-refractivity contribution >= 4 is 11.9 Å². The van der Waals surface area contributed by atoms with Crippen LogP contribution >= 0.6 is 0 Å². The maximum atomic E-state index is 12.5. The molecule has 21 heavy (non-hydrogen) atoms. The maximum absolute atomic E-state index is 12.5. The Morgan fingerprint density at radius 2 is 2.14 bits per heavy atom. The van der Waals surface area contributed by atoms with E-state index >= 15 is 0 Å². The minimum absolute atomic E-state index is 0.201. The molecule has 0 bridgehead atoms. The first kappa shape index (κ1) is 15.3. The van der Waals surface area contributed by atoms with Crippen molar-refractivity contribution < 1.29 is 14.7 Å². The molecule has 1 atom stereocenters. The van der Waals surface area contributed by atoms with E-state index in [1.165, 1.54) is 10.6 Å². The quantitative estimate of drug-likeness (QED) is 0.904. The number of aliphatic carboxylic acids is 1. The molecule has 1 N–H and O–H groups in total. The summed E-state index contributed by atoms with van der Waals surface area (Å²) in [5, 5.41) is 9.45. The number of likely N-dealkylation sites (tertiary alicyclic amines) is 1. The molecule has 1 aromatic rings. The van der Waals surface area contributed by atoms with Gasteiger partial charge in [0, 0.05) is 38.0 Å². The van der Waals surface area contributed by atoms with Gasteiger partial charge in [-0.15, -0.1) is 0 Å². The third-order valence-electron chi connectivity index (χ3n) is 4.35. The molecule has 114 valence electrons. The summed E-state index contributed by atoms with van der Waals surface area (Å²) >= 11 is 0. The molecule has 1 aliphatic heterocycles. The maximum Gasteiger partial charge on any atom is 0.311 e. The van der Waals surface area contributed by atoms with E-state index in [4.69, 9.17) is 0 Å². The lowest BCUT2D eigenvalue weighted by Gasteiger charge is -2.39. The summed E-state index contributed by atoms with van der Waals surface area (Å²) in [6.45, 7) is 2.57. The van der Waals surface area contributed by atoms with E-state index in [2.05, 4.69) is 0 Å². The minimum atomic E-state index is -0.867. The minimum Gasteiger partial charge on any atom is -0.481 e. The number of hydrogen-bond acceptors (Lipinski definition) is 3. The van der Waals surface area contributed by atoms with E-state index in [-0.39, 0.29) is 18.0 Å². The number of aryl methyl sites for hydroxylation is 1. The van der Waals surface area contributed by atoms with Gasteiger partial charge < -0.3 is 14.6 Å². The van der Waals surface area contributed by atoms with E-state index in [0.29, 0.717) is 31.4 Å². The van der Waals surface area contributed by atoms with Gasteiger partial charge in [-0.25, -0.2) is 0 Å². The smallest absolute Gasteiger partial charge is 0.311 e. The number of carbonyl (C=O) groups excluding carboxylic acids is 1. The van der Waals surface area contributed by atoms with Crippen molar-refractivity contribution in [3.63, 3.8) is 0 Å². The molecule has 1 aliphatic rings. The third-order valence-corrected chi connectivity index (χ3v) is 4.35. The molecule has 0 aliphatic carbocycles. The third kappa shape index (κ3) is 2.84. The standard InChI is InChI=1S/C15H20N2O4/c1-3-15(14(20)21)6-4-7-17(10-15)13(19)11-5-8-16(2)12(18)9-11/h5,8-9H,3-4,6-7,10H2,1-2H3,(H,20,21). The van der Waals surface area contributed by atoms with Crippen LogP contribution in [0.3, 0.4) is 0 Å². The Balaban J connectivity index is 2.25. The summed E-state index contributed by atoms with van der Waals surface area (Å²) in [5.74, 6) is -1.13. The van der Waals surface area contributed by atoms with E-state index < -0.39 is 11.4 Å². The number of aromatic nitrogens is 1. The summed E-state index contributed by atoms with van der Waals surface area (Å²) in [6, 6.07) is 2.89. The van der Waals surface area contributed by atoms with Crippen LogP contribution in [0.4, 0.5) is 0 Å². The lowest BCUT2D eigenvalue weighted by atomic mass is 9.77. The van der Waals surface area contributed by atoms with Gasteiger partial charge in [0.15, 0.2) is 0 Å². The highest BCUT2D eigenvalue weighted by Crippen LogP contribution is 2.34. The van der Waals surface area contributed by atoms with Crippen LogP contribution in [0.1, 0.15) is 36.5 Å². The fourth-order valence-corrected chi connectivity index (χ4v) is 2.78. The Kier molecular flexibility index (Phi) is 4.16. The lowest BCUT2D eigenvalue weighted by Crippen LogP contribution is -2.49. The summed E-state index contributed by atoms with van der Waals surface area (Å²) in [7, 11) is 1.62. The highest BCUT2D eigenvalue weighted by molar-refractivity contribution is 5.94. The summed E-state index contributed by atoms with van der Waals surface area (Å²) in [4.78, 5) is 37.2. The average Bonchev–Trinajstić information content (AvgIpc) is 2.49. The molecule has 2 rings (SSSR count). The molecule has 0 radical (unpaired) electrons. The van der Waals surface area contributed by atoms with Gasteiger partial charge in [0.25, 0.3) is 11.5 Å². The molecular formula is C15H20N2O4. The number of rotatable bonds is 3. The lowest BCUT2D eigenvalue weighted by molar-refractivity contribution is -0.152. The number of nitrogens with zero attached hydrogens (tertiary/aromatic N) is 2. The first-order valence-corrected chi connectivity index (χ1v) is 7.09. The average molecular weight is 292 g/mol. The van der Waals surface area contributed by atoms with Crippen molar-refractivity contribution in [1.29, 1.82) is 0 Å². The number of carbonyl (C=O) groups is 2. The largest absolute Gasteiger partial charge is 0.481 e. The molecular weight excluding hydrogens is 272 g/mol. The molecule has 6 heteroatoms. The van der Waals surface area contributed by atoms with Crippen LogP contribution < -0.4 is 5.56 Å². The molecule has 1 aromatic heterocycles. The molecule has 0 saturated carbocycles. The van der Waals surface area contributed by atoms with Crippen molar-refractivity contribution in [1.82, 2.24) is 9.47 Å². The Hall–Kier alpha value is -2.11. The second-order valence-electron chi connectivity index (χ2n) is 5.63. The highest BCUT2D eigenvalue weighted by atomic mass is 16.4. The van der Waals surface area contributed by atoms with Gasteiger partial charge in [-0.05, 0) is 25.3 Å². The molecule has 0 spiro atoms. The van der Waals surface area contributed by atoms with Gasteiger partial charge >= 0.3 is 5.97 Å². The molecule has 1 amide bonds. The first-order chi connectivity index (χ1) is 9.89. The number of pyridine rings is 1. The number of carboxylic acids is 1. The van der Waals surface area contributed by atoms with E-state index in [9.17, 15) is 19.5 Å². The number of carboxylic acid groups (broad SMARTS) is 1. The van der Waals surface area contributed by atoms with Crippen LogP contribution in [0.5, 0.6) is 0 Å². The van der Waals surface area contributed by atoms with Crippen molar-refractivity contribution in [2.24, 2.45) is 12.5 Å². The van der Waals surface area contributed by atoms with E-state index in [0.717, 1.165) is 0 Å². The highest BCUT2D eigenvalue weighted by Gasteiger charge is 2.42. The van der Waals surface area contributed by atoms with Gasteiger partial charge in [-0.3, -0.25) is 14.4 Å². The van der Waals surface area contributed by atoms with Gasteiger partial charge in [0.2, 0.25) is 0 Å². The molecule has 2 heterocycles. The molecule has 1 unspecified atom stereocenters. The summed E-state index contributed by atoms with van der Waals surface area (Å²) < 4.78 is 1.39. The zero-order chi connectivity index (χ0) is 15.6. The van der Waals surface area contributed by atoms with Crippen LogP contribution in [-0.2, 0) is 11.8 Å². The Labute approximate surface area is 123 Å². The Bertz CT molecular complexity index is 622. The molecule has 0 aromatic carbocycles. The number of piperidine rings is 1. The number of amides is 1. The van der Waals surface area contributed by atoms with Crippen molar-refractivity contribution in [2.45, 2.75) is 26.2 Å². The zero-order valence-corrected chi connectivity index (χ0v) is 12.3. The molecule has 1 saturated heterocycles. The second-order valence-corrected chi connectivity index (χ2v) is 5.63. The fraction of sp³-hybridized carbons (Fsp3) is 0.533. The molecule has 1 fully saturated rings. The predicted octanol–water partition coefficient (Wildman–Crippen LogP) is 1.10. The van der Waals surface area contributed by atoms with Crippen molar-refractivity contribution in [3.05, 3.63) is 34.2 Å². The van der Waals surface area contributed by atoms with E-state index in [1.807, 2.05) is 6.92 Å². The van der Waals surface area contributed by atoms with Crippen molar-refractivity contribution in [3.8, 4) is 0 Å². The zero-order valence-electron chi connectivity index (χ0n) is 12.3. The van der Waals surface area contributed by atoms with Gasteiger partial charge in [0.1, 0.15) is 0 Å². The van der Waals surface area contributed by atoms with Crippen LogP contribution in [0.15, 0.2) is 23.1 Å². The monoisotopic (exact) mass is 292 g/mol.